The van der Waals surface area contributed by atoms with E-state index in [0.717, 1.165) is 10.0 Å². The normalized spacial score (nSPS) is 10.6. The molecule has 1 aromatic carbocycles. The quantitative estimate of drug-likeness (QED) is 0.751. The molecule has 62 valence electrons. The van der Waals surface area contributed by atoms with E-state index >= 15 is 0 Å². The lowest BCUT2D eigenvalue weighted by Crippen LogP contribution is -2.05. The molecule has 0 atom stereocenters. The number of rotatable bonds is 2. The van der Waals surface area contributed by atoms with Crippen molar-refractivity contribution in [2.45, 2.75) is 0 Å². The molecule has 0 radical (unpaired) electrons. The van der Waals surface area contributed by atoms with Crippen LogP contribution in [0.3, 0.4) is 0 Å². The third-order valence-electron chi connectivity index (χ3n) is 1.33. The van der Waals surface area contributed by atoms with Gasteiger partial charge in [-0.25, -0.2) is 0 Å². The summed E-state index contributed by atoms with van der Waals surface area (Å²) in [7, 11) is -1.38. The van der Waals surface area contributed by atoms with Gasteiger partial charge in [0.1, 0.15) is 0 Å². The largest absolute Gasteiger partial charge is 0.480 e. The van der Waals surface area contributed by atoms with E-state index in [4.69, 9.17) is 10.0 Å². The maximum Gasteiger partial charge on any atom is 0.480 e. The summed E-state index contributed by atoms with van der Waals surface area (Å²) < 4.78 is 1.00. The molecule has 0 aliphatic heterocycles. The first kappa shape index (κ1) is 9.51. The lowest BCUT2D eigenvalue weighted by Gasteiger charge is -1.93. The van der Waals surface area contributed by atoms with Crippen LogP contribution in [0.2, 0.25) is 0 Å². The molecule has 0 saturated carbocycles. The summed E-state index contributed by atoms with van der Waals surface area (Å²) in [5.41, 5.74) is 0.936. The molecule has 0 amide bonds. The molecule has 0 spiro atoms. The van der Waals surface area contributed by atoms with Crippen molar-refractivity contribution in [2.75, 3.05) is 0 Å². The molecular weight excluding hydrogens is 219 g/mol. The van der Waals surface area contributed by atoms with E-state index in [1.165, 1.54) is 5.98 Å². The summed E-state index contributed by atoms with van der Waals surface area (Å²) in [5.74, 6) is 1.31. The minimum atomic E-state index is -1.38. The molecule has 0 saturated heterocycles. The maximum atomic E-state index is 8.53. The standard InChI is InChI=1S/C8H8BBrO2/c10-8-3-1-7(2-4-8)5-6-9(11)12/h1-6,11-12H/b6-5+. The van der Waals surface area contributed by atoms with E-state index in [0.29, 0.717) is 0 Å². The van der Waals surface area contributed by atoms with E-state index < -0.39 is 7.12 Å². The Morgan fingerprint density at radius 3 is 2.25 bits per heavy atom. The van der Waals surface area contributed by atoms with Crippen LogP contribution in [-0.4, -0.2) is 17.2 Å². The van der Waals surface area contributed by atoms with Crippen molar-refractivity contribution in [3.63, 3.8) is 0 Å². The van der Waals surface area contributed by atoms with Crippen LogP contribution in [0.15, 0.2) is 34.7 Å². The number of hydrogen-bond acceptors (Lipinski definition) is 2. The topological polar surface area (TPSA) is 40.5 Å². The van der Waals surface area contributed by atoms with Crippen molar-refractivity contribution in [3.8, 4) is 0 Å². The molecule has 12 heavy (non-hydrogen) atoms. The summed E-state index contributed by atoms with van der Waals surface area (Å²) in [6.45, 7) is 0. The molecule has 0 aliphatic rings. The molecule has 0 heterocycles. The van der Waals surface area contributed by atoms with Crippen LogP contribution in [-0.2, 0) is 0 Å². The van der Waals surface area contributed by atoms with E-state index in [9.17, 15) is 0 Å². The van der Waals surface area contributed by atoms with Crippen LogP contribution in [0.5, 0.6) is 0 Å². The Kier molecular flexibility index (Phi) is 3.53. The Hall–Kier alpha value is -0.575. The first-order valence-electron chi connectivity index (χ1n) is 3.48. The molecule has 0 bridgehead atoms. The van der Waals surface area contributed by atoms with E-state index in [-0.39, 0.29) is 0 Å². The van der Waals surface area contributed by atoms with Crippen LogP contribution in [0.4, 0.5) is 0 Å². The van der Waals surface area contributed by atoms with Crippen LogP contribution < -0.4 is 0 Å². The van der Waals surface area contributed by atoms with Gasteiger partial charge in [-0.2, -0.15) is 0 Å². The third-order valence-corrected chi connectivity index (χ3v) is 1.86. The predicted octanol–water partition coefficient (Wildman–Crippen LogP) is 1.47. The second-order valence-corrected chi connectivity index (χ2v) is 3.24. The summed E-state index contributed by atoms with van der Waals surface area (Å²) >= 11 is 3.30. The Morgan fingerprint density at radius 2 is 1.75 bits per heavy atom. The summed E-state index contributed by atoms with van der Waals surface area (Å²) in [4.78, 5) is 0. The van der Waals surface area contributed by atoms with Crippen LogP contribution in [0, 0.1) is 0 Å². The van der Waals surface area contributed by atoms with Gasteiger partial charge in [0, 0.05) is 4.47 Å². The lowest BCUT2D eigenvalue weighted by molar-refractivity contribution is 0.424. The fourth-order valence-electron chi connectivity index (χ4n) is 0.771. The highest BCUT2D eigenvalue weighted by molar-refractivity contribution is 9.10. The molecule has 1 rings (SSSR count). The van der Waals surface area contributed by atoms with E-state index in [1.54, 1.807) is 6.08 Å². The molecular formula is C8H8BBrO2. The molecule has 0 unspecified atom stereocenters. The van der Waals surface area contributed by atoms with Crippen molar-refractivity contribution in [2.24, 2.45) is 0 Å². The molecule has 2 N–H and O–H groups in total. The highest BCUT2D eigenvalue weighted by Gasteiger charge is 1.97. The number of hydrogen-bond donors (Lipinski definition) is 2. The Morgan fingerprint density at radius 1 is 1.17 bits per heavy atom. The van der Waals surface area contributed by atoms with Crippen LogP contribution >= 0.6 is 15.9 Å². The second kappa shape index (κ2) is 4.45. The third kappa shape index (κ3) is 3.22. The zero-order valence-corrected chi connectivity index (χ0v) is 7.90. The number of benzene rings is 1. The molecule has 0 fully saturated rings. The smallest absolute Gasteiger partial charge is 0.424 e. The maximum absolute atomic E-state index is 8.53. The fourth-order valence-corrected chi connectivity index (χ4v) is 1.04. The van der Waals surface area contributed by atoms with Gasteiger partial charge in [-0.05, 0) is 17.7 Å². The van der Waals surface area contributed by atoms with Gasteiger partial charge in [-0.3, -0.25) is 0 Å². The molecule has 1 aromatic rings. The number of halogens is 1. The summed E-state index contributed by atoms with van der Waals surface area (Å²) in [6.07, 6.45) is 1.65. The molecule has 0 aromatic heterocycles. The van der Waals surface area contributed by atoms with Gasteiger partial charge >= 0.3 is 7.12 Å². The minimum absolute atomic E-state index is 0.936. The van der Waals surface area contributed by atoms with Gasteiger partial charge < -0.3 is 10.0 Å². The van der Waals surface area contributed by atoms with Crippen LogP contribution in [0.25, 0.3) is 6.08 Å². The average Bonchev–Trinajstić information content (AvgIpc) is 2.03. The Labute approximate surface area is 79.8 Å². The van der Waals surface area contributed by atoms with Crippen molar-refractivity contribution in [1.29, 1.82) is 0 Å². The Balaban J connectivity index is 2.71. The van der Waals surface area contributed by atoms with Gasteiger partial charge in [-0.15, -0.1) is 0 Å². The first-order chi connectivity index (χ1) is 5.68. The van der Waals surface area contributed by atoms with Gasteiger partial charge in [0.15, 0.2) is 0 Å². The van der Waals surface area contributed by atoms with Crippen LogP contribution in [0.1, 0.15) is 5.56 Å². The van der Waals surface area contributed by atoms with Gasteiger partial charge in [0.2, 0.25) is 0 Å². The van der Waals surface area contributed by atoms with Gasteiger partial charge in [0.05, 0.1) is 0 Å². The van der Waals surface area contributed by atoms with Crippen molar-refractivity contribution >= 4 is 29.1 Å². The van der Waals surface area contributed by atoms with E-state index in [1.807, 2.05) is 24.3 Å². The van der Waals surface area contributed by atoms with Gasteiger partial charge in [0.25, 0.3) is 0 Å². The fraction of sp³-hybridized carbons (Fsp3) is 0. The molecule has 0 aliphatic carbocycles. The monoisotopic (exact) mass is 226 g/mol. The highest BCUT2D eigenvalue weighted by Crippen LogP contribution is 2.11. The second-order valence-electron chi connectivity index (χ2n) is 2.32. The van der Waals surface area contributed by atoms with Crippen molar-refractivity contribution in [1.82, 2.24) is 0 Å². The summed E-state index contributed by atoms with van der Waals surface area (Å²) in [6, 6.07) is 7.54. The lowest BCUT2D eigenvalue weighted by atomic mass is 9.91. The van der Waals surface area contributed by atoms with Gasteiger partial charge in [-0.1, -0.05) is 40.1 Å². The highest BCUT2D eigenvalue weighted by atomic mass is 79.9. The van der Waals surface area contributed by atoms with E-state index in [2.05, 4.69) is 15.9 Å². The molecule has 2 nitrogen and oxygen atoms in total. The van der Waals surface area contributed by atoms with Crippen molar-refractivity contribution in [3.05, 3.63) is 40.3 Å². The zero-order valence-electron chi connectivity index (χ0n) is 6.31. The minimum Gasteiger partial charge on any atom is -0.424 e. The zero-order chi connectivity index (χ0) is 8.97. The predicted molar refractivity (Wildman–Crippen MR) is 53.4 cm³/mol. The Bertz CT molecular complexity index is 269. The summed E-state index contributed by atoms with van der Waals surface area (Å²) in [5, 5.41) is 17.1. The average molecular weight is 227 g/mol. The first-order valence-corrected chi connectivity index (χ1v) is 4.28. The van der Waals surface area contributed by atoms with Crippen molar-refractivity contribution < 1.29 is 10.0 Å². The molecule has 4 heteroatoms. The SMILES string of the molecule is OB(O)/C=C/c1ccc(Br)cc1.